The molecule has 27 heavy (non-hydrogen) atoms. The van der Waals surface area contributed by atoms with Crippen molar-refractivity contribution in [2.75, 3.05) is 6.61 Å². The van der Waals surface area contributed by atoms with Crippen molar-refractivity contribution >= 4 is 10.9 Å². The molecule has 2 aromatic carbocycles. The van der Waals surface area contributed by atoms with Crippen LogP contribution in [-0.4, -0.2) is 11.6 Å². The molecule has 0 aliphatic heterocycles. The molecular formula is C25H31NO. The second kappa shape index (κ2) is 10.1. The Hall–Kier alpha value is -2.35. The molecule has 3 rings (SSSR count). The van der Waals surface area contributed by atoms with Crippen LogP contribution in [0.1, 0.15) is 57.9 Å². The van der Waals surface area contributed by atoms with Crippen LogP contribution in [0.4, 0.5) is 0 Å². The van der Waals surface area contributed by atoms with E-state index in [2.05, 4.69) is 55.5 Å². The maximum Gasteiger partial charge on any atom is 0.120 e. The van der Waals surface area contributed by atoms with Gasteiger partial charge in [-0.25, -0.2) is 4.98 Å². The Morgan fingerprint density at radius 1 is 0.815 bits per heavy atom. The lowest BCUT2D eigenvalue weighted by Crippen LogP contribution is -1.97. The number of ether oxygens (including phenoxy) is 1. The van der Waals surface area contributed by atoms with Crippen molar-refractivity contribution < 1.29 is 4.74 Å². The SMILES string of the molecule is CCCCCCCCc1cc2cc(OCC)ccc2nc1-c1ccccc1. The monoisotopic (exact) mass is 361 g/mol. The molecule has 0 radical (unpaired) electrons. The van der Waals surface area contributed by atoms with Gasteiger partial charge in [-0.15, -0.1) is 0 Å². The fourth-order valence-corrected chi connectivity index (χ4v) is 3.59. The molecule has 0 N–H and O–H groups in total. The second-order valence-corrected chi connectivity index (χ2v) is 7.17. The van der Waals surface area contributed by atoms with E-state index in [-0.39, 0.29) is 0 Å². The third kappa shape index (κ3) is 5.32. The lowest BCUT2D eigenvalue weighted by molar-refractivity contribution is 0.340. The summed E-state index contributed by atoms with van der Waals surface area (Å²) in [5.74, 6) is 0.921. The first-order valence-electron chi connectivity index (χ1n) is 10.4. The summed E-state index contributed by atoms with van der Waals surface area (Å²) in [5, 5.41) is 1.17. The van der Waals surface area contributed by atoms with Gasteiger partial charge in [-0.1, -0.05) is 69.4 Å². The Balaban J connectivity index is 1.86. The van der Waals surface area contributed by atoms with E-state index in [1.165, 1.54) is 55.0 Å². The van der Waals surface area contributed by atoms with Crippen molar-refractivity contribution in [2.45, 2.75) is 58.8 Å². The van der Waals surface area contributed by atoms with Gasteiger partial charge in [0.25, 0.3) is 0 Å². The Kier molecular flexibility index (Phi) is 7.27. The zero-order chi connectivity index (χ0) is 18.9. The number of nitrogens with zero attached hydrogens (tertiary/aromatic N) is 1. The number of aryl methyl sites for hydroxylation is 1. The molecule has 1 aromatic heterocycles. The molecule has 3 aromatic rings. The van der Waals surface area contributed by atoms with Crippen LogP contribution >= 0.6 is 0 Å². The van der Waals surface area contributed by atoms with Gasteiger partial charge in [0, 0.05) is 10.9 Å². The molecule has 1 heterocycles. The molecule has 0 amide bonds. The third-order valence-corrected chi connectivity index (χ3v) is 5.02. The highest BCUT2D eigenvalue weighted by atomic mass is 16.5. The highest BCUT2D eigenvalue weighted by Crippen LogP contribution is 2.29. The van der Waals surface area contributed by atoms with E-state index in [1.54, 1.807) is 0 Å². The van der Waals surface area contributed by atoms with Gasteiger partial charge in [-0.2, -0.15) is 0 Å². The van der Waals surface area contributed by atoms with Crippen molar-refractivity contribution in [1.29, 1.82) is 0 Å². The topological polar surface area (TPSA) is 22.1 Å². The quantitative estimate of drug-likeness (QED) is 0.356. The summed E-state index contributed by atoms with van der Waals surface area (Å²) in [7, 11) is 0. The van der Waals surface area contributed by atoms with Crippen LogP contribution in [0.3, 0.4) is 0 Å². The first-order chi connectivity index (χ1) is 13.3. The van der Waals surface area contributed by atoms with Crippen molar-refractivity contribution in [1.82, 2.24) is 4.98 Å². The summed E-state index contributed by atoms with van der Waals surface area (Å²) < 4.78 is 5.68. The van der Waals surface area contributed by atoms with Gasteiger partial charge in [0.2, 0.25) is 0 Å². The first kappa shape index (κ1) is 19.4. The summed E-state index contributed by atoms with van der Waals surface area (Å²) in [6.07, 6.45) is 8.95. The summed E-state index contributed by atoms with van der Waals surface area (Å²) in [6, 6.07) is 19.1. The van der Waals surface area contributed by atoms with Gasteiger partial charge in [0.15, 0.2) is 0 Å². The van der Waals surface area contributed by atoms with Crippen LogP contribution in [0.15, 0.2) is 54.6 Å². The molecule has 0 atom stereocenters. The number of benzene rings is 2. The fraction of sp³-hybridized carbons (Fsp3) is 0.400. The Bertz CT molecular complexity index is 842. The number of fused-ring (bicyclic) bond motifs is 1. The van der Waals surface area contributed by atoms with E-state index < -0.39 is 0 Å². The Morgan fingerprint density at radius 3 is 2.37 bits per heavy atom. The van der Waals surface area contributed by atoms with Gasteiger partial charge < -0.3 is 4.74 Å². The van der Waals surface area contributed by atoms with Crippen molar-refractivity contribution in [3.8, 4) is 17.0 Å². The predicted molar refractivity (Wildman–Crippen MR) is 115 cm³/mol. The largest absolute Gasteiger partial charge is 0.494 e. The summed E-state index contributed by atoms with van der Waals surface area (Å²) >= 11 is 0. The number of unbranched alkanes of at least 4 members (excludes halogenated alkanes) is 5. The second-order valence-electron chi connectivity index (χ2n) is 7.17. The van der Waals surface area contributed by atoms with Gasteiger partial charge in [-0.05, 0) is 49.6 Å². The van der Waals surface area contributed by atoms with Crippen LogP contribution in [0, 0.1) is 0 Å². The molecule has 2 heteroatoms. The van der Waals surface area contributed by atoms with Gasteiger partial charge >= 0.3 is 0 Å². The van der Waals surface area contributed by atoms with E-state index >= 15 is 0 Å². The van der Waals surface area contributed by atoms with E-state index in [9.17, 15) is 0 Å². The molecule has 2 nitrogen and oxygen atoms in total. The average Bonchev–Trinajstić information content (AvgIpc) is 2.71. The van der Waals surface area contributed by atoms with Crippen LogP contribution in [0.25, 0.3) is 22.2 Å². The standard InChI is InChI=1S/C25H31NO/c1-3-5-6-7-8-10-15-21-18-22-19-23(27-4-2)16-17-24(22)26-25(21)20-13-11-9-12-14-20/h9,11-14,16-19H,3-8,10,15H2,1-2H3. The molecule has 0 fully saturated rings. The normalized spacial score (nSPS) is 11.0. The summed E-state index contributed by atoms with van der Waals surface area (Å²) in [6.45, 7) is 4.97. The highest BCUT2D eigenvalue weighted by molar-refractivity contribution is 5.84. The maximum absolute atomic E-state index is 5.68. The minimum atomic E-state index is 0.686. The molecule has 0 spiro atoms. The Morgan fingerprint density at radius 2 is 1.59 bits per heavy atom. The third-order valence-electron chi connectivity index (χ3n) is 5.02. The van der Waals surface area contributed by atoms with E-state index in [0.717, 1.165) is 23.4 Å². The summed E-state index contributed by atoms with van der Waals surface area (Å²) in [5.41, 5.74) is 4.71. The lowest BCUT2D eigenvalue weighted by Gasteiger charge is -2.12. The minimum absolute atomic E-state index is 0.686. The average molecular weight is 362 g/mol. The zero-order valence-corrected chi connectivity index (χ0v) is 16.7. The molecule has 142 valence electrons. The number of pyridine rings is 1. The lowest BCUT2D eigenvalue weighted by atomic mass is 9.98. The molecule has 0 bridgehead atoms. The Labute approximate surface area is 163 Å². The van der Waals surface area contributed by atoms with Crippen molar-refractivity contribution in [2.24, 2.45) is 0 Å². The highest BCUT2D eigenvalue weighted by Gasteiger charge is 2.10. The van der Waals surface area contributed by atoms with Gasteiger partial charge in [0.05, 0.1) is 17.8 Å². The van der Waals surface area contributed by atoms with Crippen molar-refractivity contribution in [3.05, 3.63) is 60.2 Å². The van der Waals surface area contributed by atoms with Crippen molar-refractivity contribution in [3.63, 3.8) is 0 Å². The molecule has 0 saturated carbocycles. The number of rotatable bonds is 10. The predicted octanol–water partition coefficient (Wildman–Crippen LogP) is 7.20. The number of aromatic nitrogens is 1. The van der Waals surface area contributed by atoms with Crippen LogP contribution in [-0.2, 0) is 6.42 Å². The zero-order valence-electron chi connectivity index (χ0n) is 16.7. The molecule has 0 aliphatic carbocycles. The molecule has 0 aliphatic rings. The fourth-order valence-electron chi connectivity index (χ4n) is 3.59. The number of hydrogen-bond acceptors (Lipinski definition) is 2. The van der Waals surface area contributed by atoms with E-state index in [4.69, 9.17) is 9.72 Å². The van der Waals surface area contributed by atoms with Gasteiger partial charge in [0.1, 0.15) is 5.75 Å². The van der Waals surface area contributed by atoms with E-state index in [1.807, 2.05) is 13.0 Å². The molecule has 0 unspecified atom stereocenters. The smallest absolute Gasteiger partial charge is 0.120 e. The molecule has 0 saturated heterocycles. The maximum atomic E-state index is 5.68. The first-order valence-corrected chi connectivity index (χ1v) is 10.4. The summed E-state index contributed by atoms with van der Waals surface area (Å²) in [4.78, 5) is 5.02. The minimum Gasteiger partial charge on any atom is -0.494 e. The van der Waals surface area contributed by atoms with Crippen LogP contribution in [0.2, 0.25) is 0 Å². The van der Waals surface area contributed by atoms with Crippen LogP contribution < -0.4 is 4.74 Å². The molecular weight excluding hydrogens is 330 g/mol. The van der Waals surface area contributed by atoms with Crippen LogP contribution in [0.5, 0.6) is 5.75 Å². The number of hydrogen-bond donors (Lipinski definition) is 0. The van der Waals surface area contributed by atoms with Gasteiger partial charge in [-0.3, -0.25) is 0 Å². The van der Waals surface area contributed by atoms with E-state index in [0.29, 0.717) is 6.61 Å².